The maximum atomic E-state index is 11.7. The molecule has 0 aromatic heterocycles. The zero-order valence-corrected chi connectivity index (χ0v) is 11.3. The summed E-state index contributed by atoms with van der Waals surface area (Å²) in [6.45, 7) is 3.99. The zero-order chi connectivity index (χ0) is 14.5. The van der Waals surface area contributed by atoms with Crippen LogP contribution in [0.3, 0.4) is 0 Å². The van der Waals surface area contributed by atoms with E-state index in [1.165, 1.54) is 12.1 Å². The Balaban J connectivity index is 2.46. The Hall–Kier alpha value is -2.22. The molecule has 0 fully saturated rings. The fourth-order valence-electron chi connectivity index (χ4n) is 1.61. The third-order valence-electron chi connectivity index (χ3n) is 2.70. The third-order valence-corrected chi connectivity index (χ3v) is 2.70. The SMILES string of the molecule is CC(C)(C#N)CCCOC(=O)c1cc(N)cc(N)c1. The molecule has 0 radical (unpaired) electrons. The quantitative estimate of drug-likeness (QED) is 0.481. The van der Waals surface area contributed by atoms with Crippen LogP contribution in [0.1, 0.15) is 37.0 Å². The number of nitrogens with two attached hydrogens (primary N) is 2. The van der Waals surface area contributed by atoms with Gasteiger partial charge < -0.3 is 16.2 Å². The summed E-state index contributed by atoms with van der Waals surface area (Å²) in [6.07, 6.45) is 1.32. The summed E-state index contributed by atoms with van der Waals surface area (Å²) in [4.78, 5) is 11.7. The van der Waals surface area contributed by atoms with E-state index >= 15 is 0 Å². The number of esters is 1. The molecule has 0 bridgehead atoms. The van der Waals surface area contributed by atoms with Crippen molar-refractivity contribution in [3.05, 3.63) is 23.8 Å². The monoisotopic (exact) mass is 261 g/mol. The van der Waals surface area contributed by atoms with E-state index in [2.05, 4.69) is 6.07 Å². The molecule has 1 rings (SSSR count). The molecular formula is C14H19N3O2. The number of ether oxygens (including phenoxy) is 1. The van der Waals surface area contributed by atoms with Gasteiger partial charge in [-0.3, -0.25) is 0 Å². The molecule has 5 heteroatoms. The second-order valence-electron chi connectivity index (χ2n) is 5.12. The summed E-state index contributed by atoms with van der Waals surface area (Å²) in [5.41, 5.74) is 12.0. The van der Waals surface area contributed by atoms with Gasteiger partial charge >= 0.3 is 5.97 Å². The third kappa shape index (κ3) is 4.88. The first-order valence-electron chi connectivity index (χ1n) is 6.08. The highest BCUT2D eigenvalue weighted by Crippen LogP contribution is 2.20. The van der Waals surface area contributed by atoms with E-state index in [-0.39, 0.29) is 6.61 Å². The molecule has 0 aliphatic rings. The molecule has 0 aliphatic carbocycles. The second-order valence-corrected chi connectivity index (χ2v) is 5.12. The minimum absolute atomic E-state index is 0.276. The predicted molar refractivity (Wildman–Crippen MR) is 74.2 cm³/mol. The van der Waals surface area contributed by atoms with Gasteiger partial charge in [-0.15, -0.1) is 0 Å². The maximum Gasteiger partial charge on any atom is 0.338 e. The molecule has 5 nitrogen and oxygen atoms in total. The van der Waals surface area contributed by atoms with Crippen molar-refractivity contribution < 1.29 is 9.53 Å². The molecule has 0 unspecified atom stereocenters. The first-order valence-corrected chi connectivity index (χ1v) is 6.08. The summed E-state index contributed by atoms with van der Waals surface area (Å²) in [5.74, 6) is -0.450. The Kier molecular flexibility index (Phi) is 4.76. The van der Waals surface area contributed by atoms with Crippen LogP contribution in [0.25, 0.3) is 0 Å². The topological polar surface area (TPSA) is 102 Å². The predicted octanol–water partition coefficient (Wildman–Crippen LogP) is 2.34. The number of nitrogens with zero attached hydrogens (tertiary/aromatic N) is 1. The summed E-state index contributed by atoms with van der Waals surface area (Å²) in [5, 5.41) is 8.86. The average Bonchev–Trinajstić information content (AvgIpc) is 2.33. The van der Waals surface area contributed by atoms with Crippen LogP contribution >= 0.6 is 0 Å². The first kappa shape index (κ1) is 14.8. The molecule has 0 heterocycles. The molecule has 0 saturated heterocycles. The number of anilines is 2. The molecule has 0 saturated carbocycles. The van der Waals surface area contributed by atoms with Gasteiger partial charge in [0.25, 0.3) is 0 Å². The lowest BCUT2D eigenvalue weighted by molar-refractivity contribution is 0.0491. The minimum Gasteiger partial charge on any atom is -0.462 e. The minimum atomic E-state index is -0.450. The van der Waals surface area contributed by atoms with Gasteiger partial charge in [-0.1, -0.05) is 0 Å². The number of nitrogen functional groups attached to an aromatic ring is 2. The van der Waals surface area contributed by atoms with E-state index in [0.29, 0.717) is 29.8 Å². The van der Waals surface area contributed by atoms with E-state index in [1.807, 2.05) is 13.8 Å². The Bertz CT molecular complexity index is 484. The van der Waals surface area contributed by atoms with Gasteiger partial charge in [-0.25, -0.2) is 4.79 Å². The van der Waals surface area contributed by atoms with Gasteiger partial charge in [-0.05, 0) is 44.9 Å². The van der Waals surface area contributed by atoms with Gasteiger partial charge in [0.15, 0.2) is 0 Å². The number of hydrogen-bond donors (Lipinski definition) is 2. The van der Waals surface area contributed by atoms with Crippen molar-refractivity contribution in [2.24, 2.45) is 5.41 Å². The molecule has 0 amide bonds. The number of benzene rings is 1. The highest BCUT2D eigenvalue weighted by atomic mass is 16.5. The molecule has 1 aromatic rings. The molecule has 19 heavy (non-hydrogen) atoms. The summed E-state index contributed by atoms with van der Waals surface area (Å²) < 4.78 is 5.12. The standard InChI is InChI=1S/C14H19N3O2/c1-14(2,9-15)4-3-5-19-13(18)10-6-11(16)8-12(17)7-10/h6-8H,3-5,16-17H2,1-2H3. The highest BCUT2D eigenvalue weighted by molar-refractivity contribution is 5.91. The summed E-state index contributed by atoms with van der Waals surface area (Å²) >= 11 is 0. The molecular weight excluding hydrogens is 242 g/mol. The number of carbonyl (C=O) groups excluding carboxylic acids is 1. The first-order chi connectivity index (χ1) is 8.84. The molecule has 4 N–H and O–H groups in total. The Labute approximate surface area is 113 Å². The summed E-state index contributed by atoms with van der Waals surface area (Å²) in [6, 6.07) is 6.83. The lowest BCUT2D eigenvalue weighted by Gasteiger charge is -2.14. The maximum absolute atomic E-state index is 11.7. The second kappa shape index (κ2) is 6.10. The van der Waals surface area contributed by atoms with Crippen LogP contribution in [-0.4, -0.2) is 12.6 Å². The number of hydrogen-bond acceptors (Lipinski definition) is 5. The van der Waals surface area contributed by atoms with Crippen molar-refractivity contribution in [1.82, 2.24) is 0 Å². The fraction of sp³-hybridized carbons (Fsp3) is 0.429. The van der Waals surface area contributed by atoms with Gasteiger partial charge in [0.05, 0.1) is 23.7 Å². The summed E-state index contributed by atoms with van der Waals surface area (Å²) in [7, 11) is 0. The lowest BCUT2D eigenvalue weighted by Crippen LogP contribution is -2.12. The number of nitriles is 1. The Morgan fingerprint density at radius 2 is 1.89 bits per heavy atom. The fourth-order valence-corrected chi connectivity index (χ4v) is 1.61. The van der Waals surface area contributed by atoms with Crippen LogP contribution < -0.4 is 11.5 Å². The average molecular weight is 261 g/mol. The number of rotatable bonds is 5. The Morgan fingerprint density at radius 1 is 1.32 bits per heavy atom. The van der Waals surface area contributed by atoms with Crippen LogP contribution in [0.2, 0.25) is 0 Å². The molecule has 1 aromatic carbocycles. The van der Waals surface area contributed by atoms with Crippen LogP contribution in [0.5, 0.6) is 0 Å². The largest absolute Gasteiger partial charge is 0.462 e. The van der Waals surface area contributed by atoms with Crippen LogP contribution in [0.15, 0.2) is 18.2 Å². The van der Waals surface area contributed by atoms with Crippen molar-refractivity contribution in [1.29, 1.82) is 5.26 Å². The van der Waals surface area contributed by atoms with Crippen LogP contribution in [0, 0.1) is 16.7 Å². The zero-order valence-electron chi connectivity index (χ0n) is 11.3. The number of carbonyl (C=O) groups is 1. The van der Waals surface area contributed by atoms with E-state index in [1.54, 1.807) is 6.07 Å². The van der Waals surface area contributed by atoms with Gasteiger partial charge in [0.2, 0.25) is 0 Å². The van der Waals surface area contributed by atoms with Gasteiger partial charge in [0, 0.05) is 11.4 Å². The Morgan fingerprint density at radius 3 is 2.42 bits per heavy atom. The van der Waals surface area contributed by atoms with Gasteiger partial charge in [0.1, 0.15) is 0 Å². The van der Waals surface area contributed by atoms with E-state index in [4.69, 9.17) is 21.5 Å². The van der Waals surface area contributed by atoms with Crippen molar-refractivity contribution in [2.45, 2.75) is 26.7 Å². The van der Waals surface area contributed by atoms with E-state index in [0.717, 1.165) is 0 Å². The lowest BCUT2D eigenvalue weighted by atomic mass is 9.90. The van der Waals surface area contributed by atoms with Crippen molar-refractivity contribution in [3.63, 3.8) is 0 Å². The smallest absolute Gasteiger partial charge is 0.338 e. The van der Waals surface area contributed by atoms with Crippen LogP contribution in [-0.2, 0) is 4.74 Å². The van der Waals surface area contributed by atoms with Crippen molar-refractivity contribution >= 4 is 17.3 Å². The van der Waals surface area contributed by atoms with Crippen molar-refractivity contribution in [2.75, 3.05) is 18.1 Å². The molecule has 0 atom stereocenters. The van der Waals surface area contributed by atoms with E-state index in [9.17, 15) is 4.79 Å². The molecule has 0 spiro atoms. The molecule has 102 valence electrons. The highest BCUT2D eigenvalue weighted by Gasteiger charge is 2.16. The van der Waals surface area contributed by atoms with Gasteiger partial charge in [-0.2, -0.15) is 5.26 Å². The normalized spacial score (nSPS) is 10.8. The van der Waals surface area contributed by atoms with E-state index < -0.39 is 11.4 Å². The van der Waals surface area contributed by atoms with Crippen LogP contribution in [0.4, 0.5) is 11.4 Å². The molecule has 0 aliphatic heterocycles. The van der Waals surface area contributed by atoms with Crippen molar-refractivity contribution in [3.8, 4) is 6.07 Å².